The van der Waals surface area contributed by atoms with Gasteiger partial charge in [-0.25, -0.2) is 4.98 Å². The molecule has 0 spiro atoms. The van der Waals surface area contributed by atoms with Crippen molar-refractivity contribution >= 4 is 11.7 Å². The minimum Gasteiger partial charge on any atom is -0.353 e. The SMILES string of the molecule is CCc1ccc(N2CCN(C(=O)C(C)(C)C)CC2)nc1. The van der Waals surface area contributed by atoms with E-state index in [-0.39, 0.29) is 11.3 Å². The zero-order chi connectivity index (χ0) is 14.8. The first-order chi connectivity index (χ1) is 9.41. The predicted octanol–water partition coefficient (Wildman–Crippen LogP) is 2.34. The molecule has 4 heteroatoms. The summed E-state index contributed by atoms with van der Waals surface area (Å²) in [5.41, 5.74) is 0.971. The van der Waals surface area contributed by atoms with Crippen LogP contribution in [0.3, 0.4) is 0 Å². The number of piperazine rings is 1. The summed E-state index contributed by atoms with van der Waals surface area (Å²) >= 11 is 0. The van der Waals surface area contributed by atoms with E-state index in [9.17, 15) is 4.79 Å². The van der Waals surface area contributed by atoms with Gasteiger partial charge in [0.15, 0.2) is 0 Å². The van der Waals surface area contributed by atoms with Crippen molar-refractivity contribution in [2.45, 2.75) is 34.1 Å². The summed E-state index contributed by atoms with van der Waals surface area (Å²) in [6, 6.07) is 4.22. The van der Waals surface area contributed by atoms with Crippen molar-refractivity contribution in [1.82, 2.24) is 9.88 Å². The number of pyridine rings is 1. The number of hydrogen-bond donors (Lipinski definition) is 0. The van der Waals surface area contributed by atoms with E-state index in [1.165, 1.54) is 5.56 Å². The van der Waals surface area contributed by atoms with Gasteiger partial charge in [-0.05, 0) is 18.1 Å². The number of rotatable bonds is 2. The molecule has 20 heavy (non-hydrogen) atoms. The fraction of sp³-hybridized carbons (Fsp3) is 0.625. The molecule has 4 nitrogen and oxygen atoms in total. The molecule has 2 heterocycles. The van der Waals surface area contributed by atoms with Crippen LogP contribution in [0.15, 0.2) is 18.3 Å². The van der Waals surface area contributed by atoms with Crippen LogP contribution in [-0.4, -0.2) is 42.0 Å². The molecule has 1 amide bonds. The number of amides is 1. The zero-order valence-corrected chi connectivity index (χ0v) is 13.0. The third kappa shape index (κ3) is 3.30. The van der Waals surface area contributed by atoms with Crippen LogP contribution in [-0.2, 0) is 11.2 Å². The van der Waals surface area contributed by atoms with Crippen molar-refractivity contribution in [3.05, 3.63) is 23.9 Å². The number of carbonyl (C=O) groups is 1. The fourth-order valence-electron chi connectivity index (χ4n) is 2.43. The Hall–Kier alpha value is -1.58. The van der Waals surface area contributed by atoms with Crippen molar-refractivity contribution in [2.75, 3.05) is 31.1 Å². The zero-order valence-electron chi connectivity index (χ0n) is 13.0. The highest BCUT2D eigenvalue weighted by Crippen LogP contribution is 2.20. The van der Waals surface area contributed by atoms with E-state index < -0.39 is 0 Å². The van der Waals surface area contributed by atoms with Crippen molar-refractivity contribution in [3.8, 4) is 0 Å². The van der Waals surface area contributed by atoms with E-state index in [0.717, 1.165) is 38.4 Å². The Kier molecular flexibility index (Phi) is 4.31. The number of anilines is 1. The summed E-state index contributed by atoms with van der Waals surface area (Å²) in [6.45, 7) is 11.4. The van der Waals surface area contributed by atoms with Gasteiger partial charge in [0, 0.05) is 37.8 Å². The highest BCUT2D eigenvalue weighted by Gasteiger charge is 2.29. The lowest BCUT2D eigenvalue weighted by atomic mass is 9.94. The highest BCUT2D eigenvalue weighted by atomic mass is 16.2. The maximum Gasteiger partial charge on any atom is 0.228 e. The summed E-state index contributed by atoms with van der Waals surface area (Å²) in [7, 11) is 0. The first kappa shape index (κ1) is 14.8. The van der Waals surface area contributed by atoms with Gasteiger partial charge in [0.1, 0.15) is 5.82 Å². The minimum absolute atomic E-state index is 0.242. The normalized spacial score (nSPS) is 16.4. The smallest absolute Gasteiger partial charge is 0.228 e. The molecule has 0 aliphatic carbocycles. The number of nitrogens with zero attached hydrogens (tertiary/aromatic N) is 3. The Bertz CT molecular complexity index is 454. The summed E-state index contributed by atoms with van der Waals surface area (Å²) in [5, 5.41) is 0. The van der Waals surface area contributed by atoms with Gasteiger partial charge in [-0.1, -0.05) is 33.8 Å². The van der Waals surface area contributed by atoms with Gasteiger partial charge < -0.3 is 9.80 Å². The third-order valence-electron chi connectivity index (χ3n) is 3.75. The fourth-order valence-corrected chi connectivity index (χ4v) is 2.43. The average Bonchev–Trinajstić information content (AvgIpc) is 2.46. The quantitative estimate of drug-likeness (QED) is 0.831. The lowest BCUT2D eigenvalue weighted by Crippen LogP contribution is -2.51. The summed E-state index contributed by atoms with van der Waals surface area (Å²) < 4.78 is 0. The molecule has 1 aromatic heterocycles. The van der Waals surface area contributed by atoms with Crippen LogP contribution in [0.5, 0.6) is 0 Å². The molecule has 0 radical (unpaired) electrons. The molecule has 0 unspecified atom stereocenters. The Labute approximate surface area is 121 Å². The van der Waals surface area contributed by atoms with Crippen molar-refractivity contribution in [2.24, 2.45) is 5.41 Å². The molecule has 0 bridgehead atoms. The molecule has 1 aliphatic rings. The molecular weight excluding hydrogens is 250 g/mol. The monoisotopic (exact) mass is 275 g/mol. The van der Waals surface area contributed by atoms with Gasteiger partial charge in [-0.15, -0.1) is 0 Å². The molecule has 1 saturated heterocycles. The van der Waals surface area contributed by atoms with E-state index >= 15 is 0 Å². The topological polar surface area (TPSA) is 36.4 Å². The van der Waals surface area contributed by atoms with Gasteiger partial charge in [-0.3, -0.25) is 4.79 Å². The Morgan fingerprint density at radius 3 is 2.30 bits per heavy atom. The second-order valence-electron chi connectivity index (χ2n) is 6.41. The maximum absolute atomic E-state index is 12.2. The van der Waals surface area contributed by atoms with Crippen LogP contribution in [0.4, 0.5) is 5.82 Å². The average molecular weight is 275 g/mol. The van der Waals surface area contributed by atoms with E-state index in [4.69, 9.17) is 0 Å². The molecule has 2 rings (SSSR count). The number of aromatic nitrogens is 1. The van der Waals surface area contributed by atoms with Crippen LogP contribution in [0, 0.1) is 5.41 Å². The molecular formula is C16H25N3O. The van der Waals surface area contributed by atoms with Gasteiger partial charge in [0.2, 0.25) is 5.91 Å². The highest BCUT2D eigenvalue weighted by molar-refractivity contribution is 5.81. The number of hydrogen-bond acceptors (Lipinski definition) is 3. The lowest BCUT2D eigenvalue weighted by Gasteiger charge is -2.38. The minimum atomic E-state index is -0.288. The van der Waals surface area contributed by atoms with E-state index in [1.54, 1.807) is 0 Å². The van der Waals surface area contributed by atoms with Crippen LogP contribution < -0.4 is 4.90 Å². The lowest BCUT2D eigenvalue weighted by molar-refractivity contribution is -0.139. The largest absolute Gasteiger partial charge is 0.353 e. The predicted molar refractivity (Wildman–Crippen MR) is 81.9 cm³/mol. The van der Waals surface area contributed by atoms with Gasteiger partial charge in [0.25, 0.3) is 0 Å². The first-order valence-corrected chi connectivity index (χ1v) is 7.41. The van der Waals surface area contributed by atoms with Crippen LogP contribution >= 0.6 is 0 Å². The second kappa shape index (κ2) is 5.81. The Balaban J connectivity index is 1.95. The number of aryl methyl sites for hydroxylation is 1. The molecule has 0 saturated carbocycles. The Morgan fingerprint density at radius 1 is 1.20 bits per heavy atom. The molecule has 1 aliphatic heterocycles. The summed E-state index contributed by atoms with van der Waals surface area (Å²) in [4.78, 5) is 21.0. The van der Waals surface area contributed by atoms with Gasteiger partial charge in [0.05, 0.1) is 0 Å². The molecule has 1 aromatic rings. The Morgan fingerprint density at radius 2 is 1.85 bits per heavy atom. The number of carbonyl (C=O) groups excluding carboxylic acids is 1. The molecule has 0 atom stereocenters. The first-order valence-electron chi connectivity index (χ1n) is 7.41. The standard InChI is InChI=1S/C16H25N3O/c1-5-13-6-7-14(17-12-13)18-8-10-19(11-9-18)15(20)16(2,3)4/h6-7,12H,5,8-11H2,1-4H3. The van der Waals surface area contributed by atoms with Crippen molar-refractivity contribution in [3.63, 3.8) is 0 Å². The summed E-state index contributed by atoms with van der Waals surface area (Å²) in [5.74, 6) is 1.26. The molecule has 1 fully saturated rings. The summed E-state index contributed by atoms with van der Waals surface area (Å²) in [6.07, 6.45) is 2.96. The maximum atomic E-state index is 12.2. The van der Waals surface area contributed by atoms with Gasteiger partial charge in [-0.2, -0.15) is 0 Å². The third-order valence-corrected chi connectivity index (χ3v) is 3.75. The van der Waals surface area contributed by atoms with Crippen molar-refractivity contribution < 1.29 is 4.79 Å². The van der Waals surface area contributed by atoms with E-state index in [1.807, 2.05) is 31.9 Å². The molecule has 110 valence electrons. The van der Waals surface area contributed by atoms with Crippen LogP contribution in [0.25, 0.3) is 0 Å². The van der Waals surface area contributed by atoms with Crippen LogP contribution in [0.2, 0.25) is 0 Å². The van der Waals surface area contributed by atoms with Crippen LogP contribution in [0.1, 0.15) is 33.3 Å². The molecule has 0 N–H and O–H groups in total. The van der Waals surface area contributed by atoms with Crippen molar-refractivity contribution in [1.29, 1.82) is 0 Å². The van der Waals surface area contributed by atoms with Gasteiger partial charge >= 0.3 is 0 Å². The molecule has 0 aromatic carbocycles. The second-order valence-corrected chi connectivity index (χ2v) is 6.41. The van der Waals surface area contributed by atoms with E-state index in [2.05, 4.69) is 28.9 Å². The van der Waals surface area contributed by atoms with E-state index in [0.29, 0.717) is 0 Å².